The van der Waals surface area contributed by atoms with E-state index in [-0.39, 0.29) is 12.7 Å². The maximum Gasteiger partial charge on any atom is 0.411 e. The largest absolute Gasteiger partial charge is 0.450 e. The predicted molar refractivity (Wildman–Crippen MR) is 46.9 cm³/mol. The van der Waals surface area contributed by atoms with Crippen molar-refractivity contribution in [3.63, 3.8) is 0 Å². The summed E-state index contributed by atoms with van der Waals surface area (Å²) >= 11 is 0. The van der Waals surface area contributed by atoms with E-state index in [4.69, 9.17) is 0 Å². The Hall–Kier alpha value is -1.79. The second-order valence-corrected chi connectivity index (χ2v) is 2.69. The normalized spacial score (nSPS) is 10.1. The Labute approximate surface area is 88.0 Å². The van der Waals surface area contributed by atoms with Crippen LogP contribution in [0.4, 0.5) is 28.0 Å². The van der Waals surface area contributed by atoms with Crippen molar-refractivity contribution in [2.24, 2.45) is 0 Å². The molecule has 0 bridgehead atoms. The molecule has 0 aliphatic heterocycles. The number of hydrogen-bond donors (Lipinski definition) is 1. The van der Waals surface area contributed by atoms with Crippen molar-refractivity contribution in [2.75, 3.05) is 11.9 Å². The molecule has 0 radical (unpaired) electrons. The Balaban J connectivity index is 3.07. The third-order valence-electron chi connectivity index (χ3n) is 1.61. The maximum absolute atomic E-state index is 13.0. The fourth-order valence-corrected chi connectivity index (χ4v) is 0.952. The lowest BCUT2D eigenvalue weighted by molar-refractivity contribution is 0.167. The molecule has 1 aromatic rings. The van der Waals surface area contributed by atoms with Crippen LogP contribution in [0.15, 0.2) is 6.07 Å². The first kappa shape index (κ1) is 12.3. The third kappa shape index (κ3) is 2.41. The summed E-state index contributed by atoms with van der Waals surface area (Å²) in [7, 11) is 0. The highest BCUT2D eigenvalue weighted by Gasteiger charge is 2.20. The lowest BCUT2D eigenvalue weighted by Crippen LogP contribution is -2.16. The van der Waals surface area contributed by atoms with Gasteiger partial charge in [-0.2, -0.15) is 0 Å². The van der Waals surface area contributed by atoms with Gasteiger partial charge in [0.05, 0.1) is 6.61 Å². The first-order chi connectivity index (χ1) is 7.47. The number of rotatable bonds is 2. The number of amides is 1. The van der Waals surface area contributed by atoms with Crippen LogP contribution in [0.3, 0.4) is 0 Å². The summed E-state index contributed by atoms with van der Waals surface area (Å²) in [5.41, 5.74) is -1.21. The molecule has 1 rings (SSSR count). The Morgan fingerprint density at radius 2 is 1.75 bits per heavy atom. The molecule has 3 nitrogen and oxygen atoms in total. The van der Waals surface area contributed by atoms with Crippen LogP contribution < -0.4 is 5.32 Å². The molecule has 0 aliphatic carbocycles. The molecule has 0 fully saturated rings. The van der Waals surface area contributed by atoms with Gasteiger partial charge in [0.15, 0.2) is 23.3 Å². The zero-order valence-corrected chi connectivity index (χ0v) is 8.11. The average molecular weight is 237 g/mol. The molecule has 88 valence electrons. The molecular formula is C9H7F4NO2. The van der Waals surface area contributed by atoms with E-state index in [1.165, 1.54) is 6.92 Å². The Morgan fingerprint density at radius 3 is 2.19 bits per heavy atom. The summed E-state index contributed by atoms with van der Waals surface area (Å²) in [6.07, 6.45) is -1.20. The average Bonchev–Trinajstić information content (AvgIpc) is 2.22. The maximum atomic E-state index is 13.0. The fraction of sp³-hybridized carbons (Fsp3) is 0.222. The molecule has 0 heterocycles. The van der Waals surface area contributed by atoms with E-state index in [0.29, 0.717) is 0 Å². The smallest absolute Gasteiger partial charge is 0.411 e. The molecule has 0 aromatic heterocycles. The van der Waals surface area contributed by atoms with Gasteiger partial charge in [0, 0.05) is 6.07 Å². The second-order valence-electron chi connectivity index (χ2n) is 2.69. The lowest BCUT2D eigenvalue weighted by atomic mass is 10.2. The summed E-state index contributed by atoms with van der Waals surface area (Å²) < 4.78 is 55.7. The van der Waals surface area contributed by atoms with Crippen molar-refractivity contribution in [2.45, 2.75) is 6.92 Å². The van der Waals surface area contributed by atoms with Gasteiger partial charge in [0.1, 0.15) is 5.69 Å². The van der Waals surface area contributed by atoms with Gasteiger partial charge in [0.2, 0.25) is 0 Å². The minimum Gasteiger partial charge on any atom is -0.450 e. The minimum absolute atomic E-state index is 0.0427. The second kappa shape index (κ2) is 4.82. The summed E-state index contributed by atoms with van der Waals surface area (Å²) in [6, 6.07) is 0.0427. The monoisotopic (exact) mass is 237 g/mol. The quantitative estimate of drug-likeness (QED) is 0.634. The van der Waals surface area contributed by atoms with Gasteiger partial charge in [-0.05, 0) is 6.92 Å². The van der Waals surface area contributed by atoms with E-state index in [2.05, 4.69) is 4.74 Å². The number of halogens is 4. The number of nitrogens with one attached hydrogen (secondary N) is 1. The van der Waals surface area contributed by atoms with Crippen LogP contribution >= 0.6 is 0 Å². The van der Waals surface area contributed by atoms with Crippen molar-refractivity contribution in [3.05, 3.63) is 29.3 Å². The van der Waals surface area contributed by atoms with Crippen LogP contribution in [0.1, 0.15) is 6.92 Å². The van der Waals surface area contributed by atoms with Gasteiger partial charge >= 0.3 is 6.09 Å². The first-order valence-corrected chi connectivity index (χ1v) is 4.24. The summed E-state index contributed by atoms with van der Waals surface area (Å²) in [5, 5.41) is 1.57. The van der Waals surface area contributed by atoms with Crippen molar-refractivity contribution in [1.29, 1.82) is 0 Å². The summed E-state index contributed by atoms with van der Waals surface area (Å²) in [4.78, 5) is 10.8. The molecule has 7 heteroatoms. The molecule has 0 unspecified atom stereocenters. The minimum atomic E-state index is -1.69. The Bertz CT molecular complexity index is 396. The van der Waals surface area contributed by atoms with Crippen LogP contribution in [0.25, 0.3) is 0 Å². The molecule has 0 saturated heterocycles. The molecule has 1 aromatic carbocycles. The van der Waals surface area contributed by atoms with Crippen LogP contribution in [0.5, 0.6) is 0 Å². The summed E-state index contributed by atoms with van der Waals surface area (Å²) in [6.45, 7) is 1.41. The highest BCUT2D eigenvalue weighted by molar-refractivity contribution is 5.84. The number of carbonyl (C=O) groups is 1. The van der Waals surface area contributed by atoms with Crippen molar-refractivity contribution in [3.8, 4) is 0 Å². The highest BCUT2D eigenvalue weighted by Crippen LogP contribution is 2.24. The molecule has 0 aliphatic rings. The number of anilines is 1. The van der Waals surface area contributed by atoms with Gasteiger partial charge in [-0.15, -0.1) is 0 Å². The van der Waals surface area contributed by atoms with E-state index in [1.54, 1.807) is 5.32 Å². The topological polar surface area (TPSA) is 38.3 Å². The van der Waals surface area contributed by atoms with Crippen molar-refractivity contribution in [1.82, 2.24) is 0 Å². The van der Waals surface area contributed by atoms with Gasteiger partial charge < -0.3 is 4.74 Å². The van der Waals surface area contributed by atoms with E-state index in [1.807, 2.05) is 0 Å². The molecule has 0 spiro atoms. The van der Waals surface area contributed by atoms with E-state index >= 15 is 0 Å². The van der Waals surface area contributed by atoms with Gasteiger partial charge in [0.25, 0.3) is 0 Å². The van der Waals surface area contributed by atoms with Gasteiger partial charge in [-0.25, -0.2) is 22.4 Å². The lowest BCUT2D eigenvalue weighted by Gasteiger charge is -2.08. The first-order valence-electron chi connectivity index (χ1n) is 4.24. The van der Waals surface area contributed by atoms with Crippen molar-refractivity contribution < 1.29 is 27.1 Å². The molecule has 16 heavy (non-hydrogen) atoms. The number of carbonyl (C=O) groups excluding carboxylic acids is 1. The van der Waals surface area contributed by atoms with E-state index < -0.39 is 35.0 Å². The SMILES string of the molecule is CCOC(=O)Nc1c(F)c(F)cc(F)c1F. The fourth-order valence-electron chi connectivity index (χ4n) is 0.952. The standard InChI is InChI=1S/C9H7F4NO2/c1-2-16-9(15)14-8-6(12)4(10)3-5(11)7(8)13/h3H,2H2,1H3,(H,14,15). The number of benzene rings is 1. The van der Waals surface area contributed by atoms with Gasteiger partial charge in [-0.3, -0.25) is 5.32 Å². The van der Waals surface area contributed by atoms with E-state index in [0.717, 1.165) is 0 Å². The third-order valence-corrected chi connectivity index (χ3v) is 1.61. The van der Waals surface area contributed by atoms with Crippen molar-refractivity contribution >= 4 is 11.8 Å². The van der Waals surface area contributed by atoms with Crippen LogP contribution in [0, 0.1) is 23.3 Å². The molecule has 1 amide bonds. The van der Waals surface area contributed by atoms with E-state index in [9.17, 15) is 22.4 Å². The van der Waals surface area contributed by atoms with Crippen LogP contribution in [-0.2, 0) is 4.74 Å². The predicted octanol–water partition coefficient (Wildman–Crippen LogP) is 2.81. The zero-order chi connectivity index (χ0) is 12.3. The Morgan fingerprint density at radius 1 is 1.25 bits per heavy atom. The molecule has 1 N–H and O–H groups in total. The zero-order valence-electron chi connectivity index (χ0n) is 8.11. The molecule has 0 saturated carbocycles. The highest BCUT2D eigenvalue weighted by atomic mass is 19.2. The molecular weight excluding hydrogens is 230 g/mol. The Kier molecular flexibility index (Phi) is 3.70. The summed E-state index contributed by atoms with van der Waals surface area (Å²) in [5.74, 6) is -6.59. The van der Waals surface area contributed by atoms with Gasteiger partial charge in [-0.1, -0.05) is 0 Å². The number of hydrogen-bond acceptors (Lipinski definition) is 2. The number of ether oxygens (including phenoxy) is 1. The van der Waals surface area contributed by atoms with Crippen LogP contribution in [-0.4, -0.2) is 12.7 Å². The molecule has 0 atom stereocenters. The van der Waals surface area contributed by atoms with Crippen LogP contribution in [0.2, 0.25) is 0 Å².